The van der Waals surface area contributed by atoms with Gasteiger partial charge >= 0.3 is 5.97 Å². The Morgan fingerprint density at radius 1 is 1.23 bits per heavy atom. The molecule has 5 nitrogen and oxygen atoms in total. The summed E-state index contributed by atoms with van der Waals surface area (Å²) in [6.07, 6.45) is 0.472. The maximum absolute atomic E-state index is 15.0. The first-order valence-corrected chi connectivity index (χ1v) is 9.72. The highest BCUT2D eigenvalue weighted by atomic mass is 35.5. The lowest BCUT2D eigenvalue weighted by atomic mass is 9.84. The number of halogens is 3. The Hall–Kier alpha value is -2.93. The van der Waals surface area contributed by atoms with Gasteiger partial charge < -0.3 is 10.2 Å². The Kier molecular flexibility index (Phi) is 5.85. The minimum Gasteiger partial charge on any atom is -0.503 e. The third-order valence-corrected chi connectivity index (χ3v) is 5.71. The molecule has 2 atom stereocenters. The number of hydrogen-bond acceptors (Lipinski definition) is 3. The number of carboxylic acids is 1. The van der Waals surface area contributed by atoms with Crippen LogP contribution in [-0.2, 0) is 4.79 Å². The van der Waals surface area contributed by atoms with Gasteiger partial charge in [0, 0.05) is 27.7 Å². The minimum atomic E-state index is -1.30. The topological polar surface area (TPSA) is 79.5 Å². The molecule has 2 N–H and O–H groups in total. The number of benzene rings is 2. The molecule has 158 valence electrons. The van der Waals surface area contributed by atoms with Gasteiger partial charge in [-0.2, -0.15) is 0 Å². The van der Waals surface area contributed by atoms with E-state index in [1.54, 1.807) is 26.0 Å². The van der Waals surface area contributed by atoms with Crippen molar-refractivity contribution in [3.05, 3.63) is 63.8 Å². The van der Waals surface area contributed by atoms with Crippen molar-refractivity contribution in [2.45, 2.75) is 33.1 Å². The third-order valence-electron chi connectivity index (χ3n) is 5.47. The first kappa shape index (κ1) is 21.8. The molecular formula is C22H20ClF2NO4. The Morgan fingerprint density at radius 3 is 2.47 bits per heavy atom. The summed E-state index contributed by atoms with van der Waals surface area (Å²) in [5, 5.41) is 19.7. The first-order chi connectivity index (χ1) is 14.1. The fourth-order valence-corrected chi connectivity index (χ4v) is 3.98. The molecule has 8 heteroatoms. The first-order valence-electron chi connectivity index (χ1n) is 9.35. The van der Waals surface area contributed by atoms with Gasteiger partial charge in [0.25, 0.3) is 5.91 Å². The molecule has 0 saturated carbocycles. The summed E-state index contributed by atoms with van der Waals surface area (Å²) < 4.78 is 30.3. The van der Waals surface area contributed by atoms with E-state index in [0.717, 1.165) is 10.6 Å². The van der Waals surface area contributed by atoms with E-state index in [-0.39, 0.29) is 27.7 Å². The molecule has 0 spiro atoms. The highest BCUT2D eigenvalue weighted by Crippen LogP contribution is 2.41. The molecule has 30 heavy (non-hydrogen) atoms. The summed E-state index contributed by atoms with van der Waals surface area (Å²) >= 11 is 5.97. The maximum Gasteiger partial charge on any atom is 0.311 e. The van der Waals surface area contributed by atoms with E-state index in [0.29, 0.717) is 11.4 Å². The Morgan fingerprint density at radius 2 is 1.90 bits per heavy atom. The lowest BCUT2D eigenvalue weighted by Crippen LogP contribution is -2.21. The zero-order valence-electron chi connectivity index (χ0n) is 16.5. The van der Waals surface area contributed by atoms with Crippen LogP contribution < -0.4 is 0 Å². The molecule has 0 radical (unpaired) electrons. The number of carboxylic acid groups (broad SMARTS) is 1. The predicted octanol–water partition coefficient (Wildman–Crippen LogP) is 5.49. The van der Waals surface area contributed by atoms with Gasteiger partial charge in [-0.25, -0.2) is 8.78 Å². The molecule has 0 fully saturated rings. The fraction of sp³-hybridized carbons (Fsp3) is 0.273. The van der Waals surface area contributed by atoms with Crippen LogP contribution in [0.4, 0.5) is 8.78 Å². The van der Waals surface area contributed by atoms with E-state index in [2.05, 4.69) is 0 Å². The standard InChI is InChI=1S/C22H20ClF2NO4/c1-4-10(2)16(22(29)30)17-11(3)26(21(28)12-6-5-7-13(23)8-12)15-9-14(24)20(27)19(25)18(15)17/h5-10,16,27H,4H2,1-3H3,(H,29,30)/t10?,16-/m0/s1. The van der Waals surface area contributed by atoms with Gasteiger partial charge in [0.05, 0.1) is 11.4 Å². The number of phenolic OH excluding ortho intramolecular Hbond substituents is 1. The van der Waals surface area contributed by atoms with E-state index >= 15 is 4.39 Å². The second-order valence-electron chi connectivity index (χ2n) is 7.27. The molecule has 0 aliphatic carbocycles. The molecule has 1 unspecified atom stereocenters. The summed E-state index contributed by atoms with van der Waals surface area (Å²) in [6.45, 7) is 4.96. The van der Waals surface area contributed by atoms with Gasteiger partial charge in [0.15, 0.2) is 17.4 Å². The van der Waals surface area contributed by atoms with Crippen LogP contribution in [0.25, 0.3) is 10.9 Å². The monoisotopic (exact) mass is 435 g/mol. The number of aromatic hydroxyl groups is 1. The molecule has 3 aromatic rings. The average molecular weight is 436 g/mol. The molecule has 3 rings (SSSR count). The highest BCUT2D eigenvalue weighted by Gasteiger charge is 2.35. The number of aliphatic carboxylic acids is 1. The normalized spacial score (nSPS) is 13.4. The number of rotatable bonds is 5. The van der Waals surface area contributed by atoms with Gasteiger partial charge in [-0.05, 0) is 36.6 Å². The van der Waals surface area contributed by atoms with Crippen molar-refractivity contribution >= 4 is 34.4 Å². The Bertz CT molecular complexity index is 1170. The number of hydrogen-bond donors (Lipinski definition) is 2. The Balaban J connectivity index is 2.44. The molecule has 0 saturated heterocycles. The number of carbonyl (C=O) groups is 2. The summed E-state index contributed by atoms with van der Waals surface area (Å²) in [4.78, 5) is 25.3. The van der Waals surface area contributed by atoms with E-state index < -0.39 is 41.1 Å². The van der Waals surface area contributed by atoms with E-state index in [1.165, 1.54) is 19.1 Å². The largest absolute Gasteiger partial charge is 0.503 e. The second-order valence-corrected chi connectivity index (χ2v) is 7.70. The molecule has 1 heterocycles. The zero-order valence-corrected chi connectivity index (χ0v) is 17.3. The minimum absolute atomic E-state index is 0.0371. The summed E-state index contributed by atoms with van der Waals surface area (Å²) in [6, 6.07) is 6.87. The number of fused-ring (bicyclic) bond motifs is 1. The predicted molar refractivity (Wildman–Crippen MR) is 109 cm³/mol. The number of phenols is 1. The summed E-state index contributed by atoms with van der Waals surface area (Å²) in [5.74, 6) is -7.16. The smallest absolute Gasteiger partial charge is 0.311 e. The van der Waals surface area contributed by atoms with Crippen LogP contribution in [0, 0.1) is 24.5 Å². The number of nitrogens with zero attached hydrogens (tertiary/aromatic N) is 1. The van der Waals surface area contributed by atoms with Gasteiger partial charge in [0.2, 0.25) is 0 Å². The van der Waals surface area contributed by atoms with Crippen molar-refractivity contribution in [2.75, 3.05) is 0 Å². The summed E-state index contributed by atoms with van der Waals surface area (Å²) in [5.41, 5.74) is 0.204. The van der Waals surface area contributed by atoms with Crippen LogP contribution in [0.5, 0.6) is 5.75 Å². The van der Waals surface area contributed by atoms with Crippen molar-refractivity contribution < 1.29 is 28.6 Å². The van der Waals surface area contributed by atoms with Gasteiger partial charge in [-0.3, -0.25) is 14.2 Å². The number of carbonyl (C=O) groups excluding carboxylic acids is 1. The maximum atomic E-state index is 15.0. The quantitative estimate of drug-likeness (QED) is 0.555. The Labute approximate surface area is 176 Å². The van der Waals surface area contributed by atoms with E-state index in [9.17, 15) is 24.2 Å². The molecular weight excluding hydrogens is 416 g/mol. The fourth-order valence-electron chi connectivity index (χ4n) is 3.79. The average Bonchev–Trinajstić information content (AvgIpc) is 2.97. The van der Waals surface area contributed by atoms with Crippen molar-refractivity contribution in [2.24, 2.45) is 5.92 Å². The van der Waals surface area contributed by atoms with Gasteiger partial charge in [0.1, 0.15) is 0 Å². The van der Waals surface area contributed by atoms with Crippen molar-refractivity contribution in [1.82, 2.24) is 4.57 Å². The zero-order chi connectivity index (χ0) is 22.3. The SMILES string of the molecule is CCC(C)[C@H](C(=O)O)c1c(C)n(C(=O)c2cccc(Cl)c2)c2cc(F)c(O)c(F)c12. The van der Waals surface area contributed by atoms with E-state index in [1.807, 2.05) is 0 Å². The van der Waals surface area contributed by atoms with Crippen LogP contribution in [-0.4, -0.2) is 26.7 Å². The molecule has 0 aliphatic heterocycles. The third kappa shape index (κ3) is 3.43. The van der Waals surface area contributed by atoms with Crippen LogP contribution in [0.15, 0.2) is 30.3 Å². The van der Waals surface area contributed by atoms with Crippen molar-refractivity contribution in [3.8, 4) is 5.75 Å². The highest BCUT2D eigenvalue weighted by molar-refractivity contribution is 6.31. The van der Waals surface area contributed by atoms with Crippen LogP contribution >= 0.6 is 11.6 Å². The summed E-state index contributed by atoms with van der Waals surface area (Å²) in [7, 11) is 0. The van der Waals surface area contributed by atoms with Crippen LogP contribution in [0.1, 0.15) is 47.8 Å². The van der Waals surface area contributed by atoms with Crippen LogP contribution in [0.2, 0.25) is 5.02 Å². The van der Waals surface area contributed by atoms with Crippen molar-refractivity contribution in [1.29, 1.82) is 0 Å². The lowest BCUT2D eigenvalue weighted by molar-refractivity contribution is -0.140. The molecule has 0 amide bonds. The lowest BCUT2D eigenvalue weighted by Gasteiger charge is -2.20. The molecule has 1 aromatic heterocycles. The molecule has 0 bridgehead atoms. The van der Waals surface area contributed by atoms with E-state index in [4.69, 9.17) is 11.6 Å². The van der Waals surface area contributed by atoms with Crippen molar-refractivity contribution in [3.63, 3.8) is 0 Å². The number of aromatic nitrogens is 1. The van der Waals surface area contributed by atoms with Crippen LogP contribution in [0.3, 0.4) is 0 Å². The second kappa shape index (κ2) is 8.07. The van der Waals surface area contributed by atoms with Gasteiger partial charge in [-0.15, -0.1) is 0 Å². The van der Waals surface area contributed by atoms with Gasteiger partial charge in [-0.1, -0.05) is 37.9 Å². The molecule has 0 aliphatic rings. The molecule has 2 aromatic carbocycles.